The van der Waals surface area contributed by atoms with Gasteiger partial charge in [-0.3, -0.25) is 0 Å². The lowest BCUT2D eigenvalue weighted by atomic mass is 10.1. The molecule has 0 heterocycles. The summed E-state index contributed by atoms with van der Waals surface area (Å²) in [6.45, 7) is 1.13. The first-order chi connectivity index (χ1) is 6.85. The average molecular weight is 191 g/mol. The number of hydrogen-bond acceptors (Lipinski definition) is 2. The molecule has 0 aromatic heterocycles. The molecule has 14 heavy (non-hydrogen) atoms. The summed E-state index contributed by atoms with van der Waals surface area (Å²) in [5, 5.41) is 3.23. The van der Waals surface area contributed by atoms with Gasteiger partial charge in [0.25, 0.3) is 0 Å². The molecular weight excluding hydrogens is 174 g/mol. The molecule has 0 unspecified atom stereocenters. The van der Waals surface area contributed by atoms with Crippen LogP contribution in [0.5, 0.6) is 5.75 Å². The summed E-state index contributed by atoms with van der Waals surface area (Å²) in [7, 11) is 3.73. The van der Waals surface area contributed by atoms with Gasteiger partial charge in [-0.25, -0.2) is 0 Å². The van der Waals surface area contributed by atoms with Crippen molar-refractivity contribution >= 4 is 0 Å². The maximum absolute atomic E-state index is 5.21. The van der Waals surface area contributed by atoms with E-state index in [0.717, 1.165) is 24.1 Å². The maximum atomic E-state index is 5.21. The molecule has 0 amide bonds. The Morgan fingerprint density at radius 3 is 3.07 bits per heavy atom. The minimum Gasteiger partial charge on any atom is -0.497 e. The zero-order valence-electron chi connectivity index (χ0n) is 8.79. The van der Waals surface area contributed by atoms with Gasteiger partial charge in [0, 0.05) is 0 Å². The van der Waals surface area contributed by atoms with Gasteiger partial charge in [0.2, 0.25) is 0 Å². The molecule has 2 atom stereocenters. The fourth-order valence-electron chi connectivity index (χ4n) is 2.02. The molecule has 0 spiro atoms. The monoisotopic (exact) mass is 191 g/mol. The van der Waals surface area contributed by atoms with Gasteiger partial charge in [0.05, 0.1) is 7.11 Å². The molecule has 1 aliphatic carbocycles. The summed E-state index contributed by atoms with van der Waals surface area (Å²) >= 11 is 0. The molecule has 2 nitrogen and oxygen atoms in total. The number of hydrogen-bond donors (Lipinski definition) is 1. The predicted molar refractivity (Wildman–Crippen MR) is 57.8 cm³/mol. The molecule has 0 aliphatic heterocycles. The summed E-state index contributed by atoms with van der Waals surface area (Å²) in [5.41, 5.74) is 1.42. The maximum Gasteiger partial charge on any atom is 0.119 e. The van der Waals surface area contributed by atoms with Gasteiger partial charge in [-0.1, -0.05) is 12.1 Å². The third-order valence-electron chi connectivity index (χ3n) is 2.91. The average Bonchev–Trinajstić information content (AvgIpc) is 2.98. The fourth-order valence-corrected chi connectivity index (χ4v) is 2.02. The van der Waals surface area contributed by atoms with Gasteiger partial charge in [0.1, 0.15) is 5.75 Å². The summed E-state index contributed by atoms with van der Waals surface area (Å²) in [6.07, 6.45) is 1.31. The van der Waals surface area contributed by atoms with E-state index < -0.39 is 0 Å². The van der Waals surface area contributed by atoms with Crippen LogP contribution >= 0.6 is 0 Å². The van der Waals surface area contributed by atoms with Gasteiger partial charge in [-0.15, -0.1) is 0 Å². The Kier molecular flexibility index (Phi) is 2.73. The second kappa shape index (κ2) is 4.01. The quantitative estimate of drug-likeness (QED) is 0.786. The minimum absolute atomic E-state index is 0.748. The minimum atomic E-state index is 0.748. The Bertz CT molecular complexity index is 311. The normalized spacial score (nSPS) is 24.7. The molecule has 1 fully saturated rings. The van der Waals surface area contributed by atoms with Crippen molar-refractivity contribution in [3.63, 3.8) is 0 Å². The van der Waals surface area contributed by atoms with E-state index in [0.29, 0.717) is 0 Å². The molecule has 2 heteroatoms. The second-order valence-electron chi connectivity index (χ2n) is 3.94. The van der Waals surface area contributed by atoms with E-state index in [4.69, 9.17) is 4.74 Å². The van der Waals surface area contributed by atoms with Gasteiger partial charge >= 0.3 is 0 Å². The first kappa shape index (κ1) is 9.53. The van der Waals surface area contributed by atoms with Crippen LogP contribution in [0.4, 0.5) is 0 Å². The second-order valence-corrected chi connectivity index (χ2v) is 3.94. The van der Waals surface area contributed by atoms with Crippen molar-refractivity contribution in [1.29, 1.82) is 0 Å². The predicted octanol–water partition coefficient (Wildman–Crippen LogP) is 2.02. The summed E-state index contributed by atoms with van der Waals surface area (Å²) < 4.78 is 5.21. The Morgan fingerprint density at radius 1 is 1.50 bits per heavy atom. The van der Waals surface area contributed by atoms with Crippen LogP contribution in [0, 0.1) is 5.92 Å². The molecular formula is C12H17NO. The van der Waals surface area contributed by atoms with Crippen LogP contribution in [0.2, 0.25) is 0 Å². The van der Waals surface area contributed by atoms with Crippen molar-refractivity contribution in [1.82, 2.24) is 5.32 Å². The zero-order chi connectivity index (χ0) is 9.97. The van der Waals surface area contributed by atoms with Crippen molar-refractivity contribution in [3.8, 4) is 5.75 Å². The molecule has 1 aromatic rings. The molecule has 0 saturated heterocycles. The Labute approximate surface area is 85.3 Å². The fraction of sp³-hybridized carbons (Fsp3) is 0.500. The van der Waals surface area contributed by atoms with Crippen molar-refractivity contribution in [2.45, 2.75) is 12.3 Å². The topological polar surface area (TPSA) is 21.3 Å². The van der Waals surface area contributed by atoms with Gasteiger partial charge in [-0.05, 0) is 49.5 Å². The number of nitrogens with one attached hydrogen (secondary N) is 1. The Hall–Kier alpha value is -1.02. The first-order valence-electron chi connectivity index (χ1n) is 5.13. The molecule has 1 aliphatic rings. The standard InChI is InChI=1S/C12H17NO/c1-13-8-10-7-12(10)9-4-3-5-11(6-9)14-2/h3-6,10,12-13H,7-8H2,1-2H3/t10-,12-/m1/s1. The van der Waals surface area contributed by atoms with Crippen LogP contribution in [0.15, 0.2) is 24.3 Å². The zero-order valence-corrected chi connectivity index (χ0v) is 8.79. The Morgan fingerprint density at radius 2 is 2.36 bits per heavy atom. The molecule has 1 aromatic carbocycles. The van der Waals surface area contributed by atoms with Crippen LogP contribution in [0.3, 0.4) is 0 Å². The van der Waals surface area contributed by atoms with Crippen LogP contribution in [0.25, 0.3) is 0 Å². The number of benzene rings is 1. The third kappa shape index (κ3) is 1.90. The van der Waals surface area contributed by atoms with E-state index in [2.05, 4.69) is 23.5 Å². The van der Waals surface area contributed by atoms with E-state index >= 15 is 0 Å². The number of rotatable bonds is 4. The lowest BCUT2D eigenvalue weighted by molar-refractivity contribution is 0.414. The summed E-state index contributed by atoms with van der Waals surface area (Å²) in [6, 6.07) is 8.42. The van der Waals surface area contributed by atoms with Crippen molar-refractivity contribution in [2.24, 2.45) is 5.92 Å². The van der Waals surface area contributed by atoms with Crippen LogP contribution in [0.1, 0.15) is 17.9 Å². The highest BCUT2D eigenvalue weighted by Gasteiger charge is 2.37. The molecule has 2 rings (SSSR count). The number of ether oxygens (including phenoxy) is 1. The lowest BCUT2D eigenvalue weighted by Gasteiger charge is -2.03. The molecule has 1 saturated carbocycles. The highest BCUT2D eigenvalue weighted by molar-refractivity contribution is 5.34. The van der Waals surface area contributed by atoms with E-state index in [9.17, 15) is 0 Å². The van der Waals surface area contributed by atoms with E-state index in [-0.39, 0.29) is 0 Å². The van der Waals surface area contributed by atoms with Gasteiger partial charge in [0.15, 0.2) is 0 Å². The smallest absolute Gasteiger partial charge is 0.119 e. The largest absolute Gasteiger partial charge is 0.497 e. The van der Waals surface area contributed by atoms with Crippen LogP contribution in [-0.2, 0) is 0 Å². The first-order valence-corrected chi connectivity index (χ1v) is 5.13. The lowest BCUT2D eigenvalue weighted by Crippen LogP contribution is -2.10. The van der Waals surface area contributed by atoms with E-state index in [1.165, 1.54) is 12.0 Å². The van der Waals surface area contributed by atoms with Crippen molar-refractivity contribution in [3.05, 3.63) is 29.8 Å². The molecule has 1 N–H and O–H groups in total. The number of methoxy groups -OCH3 is 1. The molecule has 0 bridgehead atoms. The van der Waals surface area contributed by atoms with Crippen LogP contribution in [-0.4, -0.2) is 20.7 Å². The molecule has 76 valence electrons. The van der Waals surface area contributed by atoms with E-state index in [1.807, 2.05) is 13.1 Å². The highest BCUT2D eigenvalue weighted by atomic mass is 16.5. The van der Waals surface area contributed by atoms with Crippen molar-refractivity contribution in [2.75, 3.05) is 20.7 Å². The van der Waals surface area contributed by atoms with Crippen LogP contribution < -0.4 is 10.1 Å². The Balaban J connectivity index is 2.03. The summed E-state index contributed by atoms with van der Waals surface area (Å²) in [5.74, 6) is 2.54. The third-order valence-corrected chi connectivity index (χ3v) is 2.91. The summed E-state index contributed by atoms with van der Waals surface area (Å²) in [4.78, 5) is 0. The van der Waals surface area contributed by atoms with Gasteiger partial charge in [-0.2, -0.15) is 0 Å². The van der Waals surface area contributed by atoms with E-state index in [1.54, 1.807) is 7.11 Å². The molecule has 0 radical (unpaired) electrons. The van der Waals surface area contributed by atoms with Crippen molar-refractivity contribution < 1.29 is 4.74 Å². The van der Waals surface area contributed by atoms with Gasteiger partial charge < -0.3 is 10.1 Å². The SMILES string of the molecule is CNC[C@H]1C[C@@H]1c1cccc(OC)c1. The highest BCUT2D eigenvalue weighted by Crippen LogP contribution is 2.47.